The quantitative estimate of drug-likeness (QED) is 0.172. The Labute approximate surface area is 95.9 Å². The summed E-state index contributed by atoms with van der Waals surface area (Å²) in [5, 5.41) is 0. The molecule has 0 unspecified atom stereocenters. The van der Waals surface area contributed by atoms with E-state index in [1.165, 1.54) is 0 Å². The van der Waals surface area contributed by atoms with E-state index in [0.717, 1.165) is 0 Å². The Hall–Kier alpha value is 1.14. The molecular formula is H13N2NaO8P2. The summed E-state index contributed by atoms with van der Waals surface area (Å²) in [5.41, 5.74) is 0. The normalized spacial score (nSPS) is 9.08. The summed E-state index contributed by atoms with van der Waals surface area (Å²) >= 11 is 0. The minimum atomic E-state index is -4.64. The second-order valence-electron chi connectivity index (χ2n) is 1.03. The monoisotopic (exact) mass is 254 g/mol. The van der Waals surface area contributed by atoms with Crippen molar-refractivity contribution in [1.82, 2.24) is 12.3 Å². The van der Waals surface area contributed by atoms with E-state index in [9.17, 15) is 0 Å². The second-order valence-corrected chi connectivity index (χ2v) is 3.08. The summed E-state index contributed by atoms with van der Waals surface area (Å²) in [6.07, 6.45) is 0. The fourth-order valence-corrected chi connectivity index (χ4v) is 0. The van der Waals surface area contributed by atoms with E-state index in [2.05, 4.69) is 0 Å². The molecule has 0 bridgehead atoms. The zero-order valence-electron chi connectivity index (χ0n) is 5.81. The molecule has 0 aromatic rings. The Morgan fingerprint density at radius 3 is 0.615 bits per heavy atom. The fraction of sp³-hybridized carbons (Fsp3) is 0. The molecule has 13 heteroatoms. The molecule has 10 nitrogen and oxygen atoms in total. The van der Waals surface area contributed by atoms with Gasteiger partial charge < -0.3 is 41.7 Å². The van der Waals surface area contributed by atoms with Crippen molar-refractivity contribution in [3.8, 4) is 0 Å². The number of hydrogen-bond acceptors (Lipinski definition) is 4. The van der Waals surface area contributed by atoms with Gasteiger partial charge in [0.2, 0.25) is 0 Å². The van der Waals surface area contributed by atoms with Gasteiger partial charge in [-0.1, -0.05) is 0 Å². The first-order chi connectivity index (χ1) is 4.00. The van der Waals surface area contributed by atoms with Crippen molar-refractivity contribution in [3.05, 3.63) is 0 Å². The summed E-state index contributed by atoms with van der Waals surface area (Å²) in [4.78, 5) is 43.1. The van der Waals surface area contributed by atoms with Crippen molar-refractivity contribution in [3.63, 3.8) is 0 Å². The van der Waals surface area contributed by atoms with Gasteiger partial charge in [0.15, 0.2) is 0 Å². The van der Waals surface area contributed by atoms with Crippen LogP contribution in [0.3, 0.4) is 0 Å². The first-order valence-electron chi connectivity index (χ1n) is 1.57. The van der Waals surface area contributed by atoms with E-state index in [1.807, 2.05) is 0 Å². The molecule has 82 valence electrons. The van der Waals surface area contributed by atoms with Crippen LogP contribution in [0.15, 0.2) is 0 Å². The summed E-state index contributed by atoms with van der Waals surface area (Å²) in [6, 6.07) is 0. The Morgan fingerprint density at radius 1 is 0.615 bits per heavy atom. The summed E-state index contributed by atoms with van der Waals surface area (Å²) in [7, 11) is -9.28. The molecule has 0 aliphatic heterocycles. The molecule has 0 fully saturated rings. The van der Waals surface area contributed by atoms with Crippen LogP contribution in [0.4, 0.5) is 0 Å². The molecule has 0 saturated carbocycles. The van der Waals surface area contributed by atoms with Crippen LogP contribution >= 0.6 is 15.6 Å². The van der Waals surface area contributed by atoms with E-state index >= 15 is 0 Å². The maximum atomic E-state index is 8.88. The molecule has 0 rings (SSSR count). The third kappa shape index (κ3) is 1250. The molecule has 0 amide bonds. The van der Waals surface area contributed by atoms with Crippen LogP contribution in [-0.4, -0.2) is 58.9 Å². The van der Waals surface area contributed by atoms with Crippen LogP contribution < -0.4 is 12.3 Å². The summed E-state index contributed by atoms with van der Waals surface area (Å²) in [6.45, 7) is 0. The average molecular weight is 254 g/mol. The van der Waals surface area contributed by atoms with Gasteiger partial charge in [0.05, 0.1) is 0 Å². The van der Waals surface area contributed by atoms with E-state index in [1.54, 1.807) is 0 Å². The SMILES string of the molecule is N.N.O=P(O)(O)O.O=P(O)(O)O.[NaH]. The third-order valence-corrected chi connectivity index (χ3v) is 0. The Kier molecular flexibility index (Phi) is 25.2. The molecule has 0 radical (unpaired) electrons. The summed E-state index contributed by atoms with van der Waals surface area (Å²) in [5.74, 6) is 0. The van der Waals surface area contributed by atoms with Gasteiger partial charge in [-0.2, -0.15) is 0 Å². The van der Waals surface area contributed by atoms with Gasteiger partial charge in [-0.3, -0.25) is 0 Å². The van der Waals surface area contributed by atoms with Crippen molar-refractivity contribution in [1.29, 1.82) is 0 Å². The third-order valence-electron chi connectivity index (χ3n) is 0. The van der Waals surface area contributed by atoms with Gasteiger partial charge in [0.1, 0.15) is 0 Å². The van der Waals surface area contributed by atoms with E-state index < -0.39 is 15.6 Å². The van der Waals surface area contributed by atoms with Crippen LogP contribution in [0.5, 0.6) is 0 Å². The first kappa shape index (κ1) is 29.2. The maximum absolute atomic E-state index is 8.88. The van der Waals surface area contributed by atoms with Gasteiger partial charge in [-0.15, -0.1) is 0 Å². The predicted octanol–water partition coefficient (Wildman–Crippen LogP) is -2.18. The molecule has 0 saturated heterocycles. The summed E-state index contributed by atoms with van der Waals surface area (Å²) < 4.78 is 17.8. The van der Waals surface area contributed by atoms with Crippen molar-refractivity contribution in [2.24, 2.45) is 0 Å². The van der Waals surface area contributed by atoms with E-state index in [4.69, 9.17) is 38.5 Å². The van der Waals surface area contributed by atoms with E-state index in [0.29, 0.717) is 0 Å². The molecule has 0 atom stereocenters. The number of rotatable bonds is 0. The number of phosphoric acid groups is 2. The van der Waals surface area contributed by atoms with Gasteiger partial charge in [-0.05, 0) is 0 Å². The van der Waals surface area contributed by atoms with Crippen molar-refractivity contribution in [2.75, 3.05) is 0 Å². The standard InChI is InChI=1S/2H3N.Na.2H3O4P.H/c;;;2*1-5(2,3)4;/h2*1H3;;2*(H3,1,2,3,4);. The zero-order chi connectivity index (χ0) is 9.00. The predicted molar refractivity (Wildman–Crippen MR) is 45.7 cm³/mol. The molecule has 0 aliphatic carbocycles. The van der Waals surface area contributed by atoms with E-state index in [-0.39, 0.29) is 41.9 Å². The molecule has 0 aliphatic rings. The number of hydrogen-bond donors (Lipinski definition) is 8. The van der Waals surface area contributed by atoms with Gasteiger partial charge in [-0.25, -0.2) is 9.13 Å². The minimum absolute atomic E-state index is 0. The van der Waals surface area contributed by atoms with Gasteiger partial charge in [0, 0.05) is 0 Å². The Morgan fingerprint density at radius 2 is 0.615 bits per heavy atom. The first-order valence-corrected chi connectivity index (χ1v) is 4.70. The van der Waals surface area contributed by atoms with Crippen LogP contribution in [-0.2, 0) is 9.13 Å². The molecule has 0 aromatic heterocycles. The molecule has 0 spiro atoms. The topological polar surface area (TPSA) is 226 Å². The van der Waals surface area contributed by atoms with Crippen molar-refractivity contribution in [2.45, 2.75) is 0 Å². The van der Waals surface area contributed by atoms with Crippen LogP contribution in [0.1, 0.15) is 0 Å². The van der Waals surface area contributed by atoms with Crippen molar-refractivity contribution >= 4 is 45.2 Å². The van der Waals surface area contributed by atoms with Gasteiger partial charge >= 0.3 is 45.2 Å². The molecule has 13 heavy (non-hydrogen) atoms. The fourth-order valence-electron chi connectivity index (χ4n) is 0. The van der Waals surface area contributed by atoms with Gasteiger partial charge in [0.25, 0.3) is 0 Å². The van der Waals surface area contributed by atoms with Crippen LogP contribution in [0, 0.1) is 0 Å². The molecule has 0 aromatic carbocycles. The average Bonchev–Trinajstić information content (AvgIpc) is 1.12. The Balaban J connectivity index is -0.0000000267. The zero-order valence-corrected chi connectivity index (χ0v) is 7.60. The molecule has 0 heterocycles. The molecule has 12 N–H and O–H groups in total. The van der Waals surface area contributed by atoms with Crippen LogP contribution in [0.25, 0.3) is 0 Å². The van der Waals surface area contributed by atoms with Crippen molar-refractivity contribution < 1.29 is 38.5 Å². The van der Waals surface area contributed by atoms with Crippen LogP contribution in [0.2, 0.25) is 0 Å². The Bertz CT molecular complexity index is 132. The molecular weight excluding hydrogens is 241 g/mol. The second kappa shape index (κ2) is 11.2.